The van der Waals surface area contributed by atoms with Crippen LogP contribution in [0.15, 0.2) is 18.2 Å². The molecule has 0 aliphatic rings. The molecule has 0 spiro atoms. The highest BCUT2D eigenvalue weighted by Crippen LogP contribution is 2.20. The Morgan fingerprint density at radius 1 is 1.53 bits per heavy atom. The Bertz CT molecular complexity index is 366. The lowest BCUT2D eigenvalue weighted by molar-refractivity contribution is -0.385. The lowest BCUT2D eigenvalue weighted by Crippen LogP contribution is -2.09. The van der Waals surface area contributed by atoms with Crippen molar-refractivity contribution in [2.24, 2.45) is 5.92 Å². The maximum atomic E-state index is 13.3. The molecule has 1 aromatic carbocycles. The van der Waals surface area contributed by atoms with Crippen LogP contribution in [-0.2, 0) is 0 Å². The number of rotatable bonds is 4. The summed E-state index contributed by atoms with van der Waals surface area (Å²) in [4.78, 5) is 9.73. The van der Waals surface area contributed by atoms with E-state index in [1.54, 1.807) is 0 Å². The summed E-state index contributed by atoms with van der Waals surface area (Å²) in [6.45, 7) is 4.63. The van der Waals surface area contributed by atoms with Gasteiger partial charge in [0.25, 0.3) is 5.69 Å². The summed E-state index contributed by atoms with van der Waals surface area (Å²) in [6.07, 6.45) is 0. The zero-order chi connectivity index (χ0) is 11.4. The molecule has 5 heteroatoms. The third-order valence-electron chi connectivity index (χ3n) is 1.86. The smallest absolute Gasteiger partial charge is 0.272 e. The topological polar surface area (TPSA) is 55.2 Å². The number of nitrogens with one attached hydrogen (secondary N) is 1. The number of non-ortho nitro benzene ring substituents is 1. The van der Waals surface area contributed by atoms with Crippen LogP contribution in [0.3, 0.4) is 0 Å². The summed E-state index contributed by atoms with van der Waals surface area (Å²) in [7, 11) is 0. The van der Waals surface area contributed by atoms with E-state index >= 15 is 0 Å². The van der Waals surface area contributed by atoms with Crippen molar-refractivity contribution in [1.29, 1.82) is 0 Å². The van der Waals surface area contributed by atoms with Crippen molar-refractivity contribution < 1.29 is 9.31 Å². The van der Waals surface area contributed by atoms with Crippen LogP contribution in [0, 0.1) is 21.8 Å². The van der Waals surface area contributed by atoms with Gasteiger partial charge in [-0.15, -0.1) is 0 Å². The largest absolute Gasteiger partial charge is 0.382 e. The van der Waals surface area contributed by atoms with E-state index in [1.807, 2.05) is 13.8 Å². The Hall–Kier alpha value is -1.65. The molecular formula is C10H13FN2O2. The summed E-state index contributed by atoms with van der Waals surface area (Å²) in [5.74, 6) is -0.204. The second-order valence-corrected chi connectivity index (χ2v) is 3.70. The van der Waals surface area contributed by atoms with E-state index in [2.05, 4.69) is 5.32 Å². The minimum absolute atomic E-state index is 0.234. The Labute approximate surface area is 87.3 Å². The molecule has 4 nitrogen and oxygen atoms in total. The van der Waals surface area contributed by atoms with Gasteiger partial charge < -0.3 is 5.32 Å². The Balaban J connectivity index is 2.79. The quantitative estimate of drug-likeness (QED) is 0.616. The minimum atomic E-state index is -0.616. The zero-order valence-corrected chi connectivity index (χ0v) is 8.66. The van der Waals surface area contributed by atoms with Crippen LogP contribution < -0.4 is 5.32 Å². The fourth-order valence-electron chi connectivity index (χ4n) is 1.08. The van der Waals surface area contributed by atoms with Crippen LogP contribution in [0.2, 0.25) is 0 Å². The van der Waals surface area contributed by atoms with Crippen LogP contribution in [0.5, 0.6) is 0 Å². The van der Waals surface area contributed by atoms with E-state index in [9.17, 15) is 14.5 Å². The number of hydrogen-bond acceptors (Lipinski definition) is 3. The van der Waals surface area contributed by atoms with E-state index in [0.717, 1.165) is 6.07 Å². The molecule has 0 aliphatic carbocycles. The molecule has 0 radical (unpaired) electrons. The number of nitro benzene ring substituents is 1. The maximum absolute atomic E-state index is 13.3. The van der Waals surface area contributed by atoms with Crippen LogP contribution >= 0.6 is 0 Å². The van der Waals surface area contributed by atoms with Crippen molar-refractivity contribution in [2.75, 3.05) is 11.9 Å². The molecule has 1 rings (SSSR count). The van der Waals surface area contributed by atoms with Gasteiger partial charge in [-0.3, -0.25) is 10.1 Å². The first kappa shape index (κ1) is 11.4. The van der Waals surface area contributed by atoms with Crippen molar-refractivity contribution in [3.05, 3.63) is 34.1 Å². The van der Waals surface area contributed by atoms with Crippen LogP contribution in [-0.4, -0.2) is 11.5 Å². The predicted molar refractivity (Wildman–Crippen MR) is 56.4 cm³/mol. The van der Waals surface area contributed by atoms with Gasteiger partial charge in [-0.25, -0.2) is 4.39 Å². The van der Waals surface area contributed by atoms with Gasteiger partial charge in [0.1, 0.15) is 0 Å². The Morgan fingerprint density at radius 2 is 2.20 bits per heavy atom. The monoisotopic (exact) mass is 212 g/mol. The molecule has 0 saturated heterocycles. The summed E-state index contributed by atoms with van der Waals surface area (Å²) in [5, 5.41) is 13.2. The maximum Gasteiger partial charge on any atom is 0.272 e. The molecule has 1 N–H and O–H groups in total. The van der Waals surface area contributed by atoms with Gasteiger partial charge in [-0.2, -0.15) is 0 Å². The molecule has 15 heavy (non-hydrogen) atoms. The number of halogens is 1. The molecule has 0 heterocycles. The molecule has 0 aromatic heterocycles. The van der Waals surface area contributed by atoms with Gasteiger partial charge in [-0.05, 0) is 12.0 Å². The molecule has 0 bridgehead atoms. The molecule has 1 aromatic rings. The lowest BCUT2D eigenvalue weighted by Gasteiger charge is -2.09. The predicted octanol–water partition coefficient (Wildman–Crippen LogP) is 2.80. The van der Waals surface area contributed by atoms with E-state index in [4.69, 9.17) is 0 Å². The van der Waals surface area contributed by atoms with Crippen molar-refractivity contribution in [3.63, 3.8) is 0 Å². The highest BCUT2D eigenvalue weighted by atomic mass is 19.1. The van der Waals surface area contributed by atoms with Gasteiger partial charge in [0.05, 0.1) is 16.7 Å². The standard InChI is InChI=1S/C10H13FN2O2/c1-7(2)6-12-10-4-3-8(13(14)15)5-9(10)11/h3-5,7,12H,6H2,1-2H3. The van der Waals surface area contributed by atoms with E-state index in [0.29, 0.717) is 18.2 Å². The number of hydrogen-bond donors (Lipinski definition) is 1. The fraction of sp³-hybridized carbons (Fsp3) is 0.400. The molecule has 82 valence electrons. The molecular weight excluding hydrogens is 199 g/mol. The van der Waals surface area contributed by atoms with Crippen molar-refractivity contribution >= 4 is 11.4 Å². The van der Waals surface area contributed by atoms with Gasteiger partial charge in [0.15, 0.2) is 5.82 Å². The average molecular weight is 212 g/mol. The summed E-state index contributed by atoms with van der Waals surface area (Å²) < 4.78 is 13.3. The summed E-state index contributed by atoms with van der Waals surface area (Å²) in [5.41, 5.74) is 0.0666. The first-order valence-electron chi connectivity index (χ1n) is 4.68. The molecule has 0 fully saturated rings. The number of anilines is 1. The van der Waals surface area contributed by atoms with Gasteiger partial charge in [-0.1, -0.05) is 13.8 Å². The normalized spacial score (nSPS) is 10.4. The molecule has 0 amide bonds. The van der Waals surface area contributed by atoms with Crippen molar-refractivity contribution in [1.82, 2.24) is 0 Å². The third-order valence-corrected chi connectivity index (χ3v) is 1.86. The highest BCUT2D eigenvalue weighted by Gasteiger charge is 2.10. The van der Waals surface area contributed by atoms with Crippen LogP contribution in [0.25, 0.3) is 0 Å². The van der Waals surface area contributed by atoms with E-state index < -0.39 is 10.7 Å². The van der Waals surface area contributed by atoms with Gasteiger partial charge in [0.2, 0.25) is 0 Å². The van der Waals surface area contributed by atoms with Gasteiger partial charge >= 0.3 is 0 Å². The van der Waals surface area contributed by atoms with Crippen LogP contribution in [0.4, 0.5) is 15.8 Å². The first-order chi connectivity index (χ1) is 7.00. The first-order valence-corrected chi connectivity index (χ1v) is 4.68. The molecule has 0 saturated carbocycles. The van der Waals surface area contributed by atoms with Crippen molar-refractivity contribution in [3.8, 4) is 0 Å². The third kappa shape index (κ3) is 3.19. The van der Waals surface area contributed by atoms with E-state index in [-0.39, 0.29) is 5.69 Å². The fourth-order valence-corrected chi connectivity index (χ4v) is 1.08. The molecule has 0 unspecified atom stereocenters. The van der Waals surface area contributed by atoms with Crippen molar-refractivity contribution in [2.45, 2.75) is 13.8 Å². The van der Waals surface area contributed by atoms with Crippen LogP contribution in [0.1, 0.15) is 13.8 Å². The second-order valence-electron chi connectivity index (χ2n) is 3.70. The average Bonchev–Trinajstić information content (AvgIpc) is 2.15. The molecule has 0 aliphatic heterocycles. The van der Waals surface area contributed by atoms with Gasteiger partial charge in [0, 0.05) is 12.6 Å². The summed E-state index contributed by atoms with van der Waals surface area (Å²) in [6, 6.07) is 3.59. The number of nitro groups is 1. The minimum Gasteiger partial charge on any atom is -0.382 e. The summed E-state index contributed by atoms with van der Waals surface area (Å²) >= 11 is 0. The highest BCUT2D eigenvalue weighted by molar-refractivity contribution is 5.50. The SMILES string of the molecule is CC(C)CNc1ccc([N+](=O)[O-])cc1F. The lowest BCUT2D eigenvalue weighted by atomic mass is 10.2. The Kier molecular flexibility index (Phi) is 3.60. The number of nitrogens with zero attached hydrogens (tertiary/aromatic N) is 1. The second kappa shape index (κ2) is 4.72. The number of benzene rings is 1. The zero-order valence-electron chi connectivity index (χ0n) is 8.66. The Morgan fingerprint density at radius 3 is 2.67 bits per heavy atom. The van der Waals surface area contributed by atoms with E-state index in [1.165, 1.54) is 12.1 Å². The molecule has 0 atom stereocenters.